The third-order valence-electron chi connectivity index (χ3n) is 3.32. The predicted molar refractivity (Wildman–Crippen MR) is 98.7 cm³/mol. The van der Waals surface area contributed by atoms with E-state index >= 15 is 0 Å². The van der Waals surface area contributed by atoms with Crippen molar-refractivity contribution in [2.45, 2.75) is 12.8 Å². The number of hydrogen-bond donors (Lipinski definition) is 2. The van der Waals surface area contributed by atoms with Crippen molar-refractivity contribution in [1.29, 1.82) is 0 Å². The average Bonchev–Trinajstić information content (AvgIpc) is 2.51. The highest BCUT2D eigenvalue weighted by Gasteiger charge is 2.22. The lowest BCUT2D eigenvalue weighted by Crippen LogP contribution is -2.24. The number of anilines is 1. The molecule has 0 saturated heterocycles. The lowest BCUT2D eigenvalue weighted by atomic mass is 9.96. The molecule has 0 aromatic heterocycles. The van der Waals surface area contributed by atoms with Crippen molar-refractivity contribution < 1.29 is 14.7 Å². The molecule has 0 aliphatic heterocycles. The van der Waals surface area contributed by atoms with E-state index in [2.05, 4.69) is 27.9 Å². The molecule has 0 aliphatic carbocycles. The van der Waals surface area contributed by atoms with E-state index < -0.39 is 11.9 Å². The Balaban J connectivity index is 2.01. The smallest absolute Gasteiger partial charge is 0.307 e. The molecule has 0 radical (unpaired) electrons. The normalized spacial score (nSPS) is 11.7. The number of para-hydroxylation sites is 1. The Morgan fingerprint density at radius 2 is 1.78 bits per heavy atom. The SMILES string of the molecule is O=C(C[C@@H](Cc1ccc(Cl)cc1)C(=O)O)Nc1ccccc1I. The van der Waals surface area contributed by atoms with Crippen molar-refractivity contribution in [3.05, 3.63) is 62.7 Å². The molecule has 6 heteroatoms. The third kappa shape index (κ3) is 5.51. The van der Waals surface area contributed by atoms with E-state index in [0.29, 0.717) is 10.7 Å². The Morgan fingerprint density at radius 3 is 2.39 bits per heavy atom. The second kappa shape index (κ2) is 8.31. The van der Waals surface area contributed by atoms with Crippen LogP contribution in [-0.2, 0) is 16.0 Å². The molecule has 0 saturated carbocycles. The molecule has 1 amide bonds. The largest absolute Gasteiger partial charge is 0.481 e. The van der Waals surface area contributed by atoms with Crippen LogP contribution in [0.1, 0.15) is 12.0 Å². The second-order valence-corrected chi connectivity index (χ2v) is 6.70. The Kier molecular flexibility index (Phi) is 6.41. The van der Waals surface area contributed by atoms with Crippen LogP contribution in [0.25, 0.3) is 0 Å². The molecular formula is C17H15ClINO3. The lowest BCUT2D eigenvalue weighted by Gasteiger charge is -2.13. The number of rotatable bonds is 6. The first-order valence-corrected chi connectivity index (χ1v) is 8.43. The molecule has 2 rings (SSSR count). The van der Waals surface area contributed by atoms with Gasteiger partial charge in [-0.1, -0.05) is 35.9 Å². The number of carboxylic acids is 1. The number of carboxylic acid groups (broad SMARTS) is 1. The average molecular weight is 444 g/mol. The van der Waals surface area contributed by atoms with Crippen LogP contribution in [0, 0.1) is 9.49 Å². The Labute approximate surface area is 153 Å². The molecule has 0 spiro atoms. The molecule has 4 nitrogen and oxygen atoms in total. The monoisotopic (exact) mass is 443 g/mol. The van der Waals surface area contributed by atoms with Crippen LogP contribution in [0.3, 0.4) is 0 Å². The van der Waals surface area contributed by atoms with Gasteiger partial charge < -0.3 is 10.4 Å². The van der Waals surface area contributed by atoms with Gasteiger partial charge in [-0.05, 0) is 58.8 Å². The molecule has 23 heavy (non-hydrogen) atoms. The summed E-state index contributed by atoms with van der Waals surface area (Å²) in [6.45, 7) is 0. The van der Waals surface area contributed by atoms with Gasteiger partial charge in [0.05, 0.1) is 11.6 Å². The maximum atomic E-state index is 12.1. The number of aliphatic carboxylic acids is 1. The van der Waals surface area contributed by atoms with Gasteiger partial charge in [-0.15, -0.1) is 0 Å². The van der Waals surface area contributed by atoms with E-state index in [-0.39, 0.29) is 18.7 Å². The number of halogens is 2. The maximum Gasteiger partial charge on any atom is 0.307 e. The van der Waals surface area contributed by atoms with Gasteiger partial charge in [-0.2, -0.15) is 0 Å². The van der Waals surface area contributed by atoms with Crippen molar-refractivity contribution in [3.63, 3.8) is 0 Å². The predicted octanol–water partition coefficient (Wildman–Crippen LogP) is 4.22. The summed E-state index contributed by atoms with van der Waals surface area (Å²) < 4.78 is 0.906. The Bertz CT molecular complexity index is 703. The van der Waals surface area contributed by atoms with Crippen LogP contribution in [-0.4, -0.2) is 17.0 Å². The number of nitrogens with one attached hydrogen (secondary N) is 1. The van der Waals surface area contributed by atoms with E-state index in [1.54, 1.807) is 30.3 Å². The van der Waals surface area contributed by atoms with Crippen molar-refractivity contribution in [1.82, 2.24) is 0 Å². The van der Waals surface area contributed by atoms with Gasteiger partial charge in [0.2, 0.25) is 5.91 Å². The van der Waals surface area contributed by atoms with Crippen molar-refractivity contribution in [2.75, 3.05) is 5.32 Å². The minimum Gasteiger partial charge on any atom is -0.481 e. The molecule has 0 heterocycles. The van der Waals surface area contributed by atoms with Crippen LogP contribution in [0.15, 0.2) is 48.5 Å². The second-order valence-electron chi connectivity index (χ2n) is 5.10. The first kappa shape index (κ1) is 17.7. The van der Waals surface area contributed by atoms with E-state index in [1.807, 2.05) is 18.2 Å². The summed E-state index contributed by atoms with van der Waals surface area (Å²) in [7, 11) is 0. The molecule has 0 fully saturated rings. The van der Waals surface area contributed by atoms with Crippen LogP contribution in [0.5, 0.6) is 0 Å². The molecule has 2 aromatic carbocycles. The Morgan fingerprint density at radius 1 is 1.13 bits per heavy atom. The van der Waals surface area contributed by atoms with Crippen molar-refractivity contribution >= 4 is 51.8 Å². The lowest BCUT2D eigenvalue weighted by molar-refractivity contribution is -0.143. The summed E-state index contributed by atoms with van der Waals surface area (Å²) in [6, 6.07) is 14.3. The summed E-state index contributed by atoms with van der Waals surface area (Å²) in [5.41, 5.74) is 1.53. The number of amides is 1. The molecule has 2 N–H and O–H groups in total. The zero-order chi connectivity index (χ0) is 16.8. The topological polar surface area (TPSA) is 66.4 Å². The molecule has 1 atom stereocenters. The van der Waals surface area contributed by atoms with Gasteiger partial charge in [0.15, 0.2) is 0 Å². The third-order valence-corrected chi connectivity index (χ3v) is 4.52. The molecule has 0 unspecified atom stereocenters. The standard InChI is InChI=1S/C17H15ClINO3/c18-13-7-5-11(6-8-13)9-12(17(22)23)10-16(21)20-15-4-2-1-3-14(15)19/h1-8,12H,9-10H2,(H,20,21)(H,22,23)/t12-/m1/s1. The minimum atomic E-state index is -0.988. The number of benzene rings is 2. The Hall–Kier alpha value is -1.60. The summed E-state index contributed by atoms with van der Waals surface area (Å²) >= 11 is 7.94. The summed E-state index contributed by atoms with van der Waals surface area (Å²) in [5, 5.41) is 12.7. The first-order chi connectivity index (χ1) is 11.0. The highest BCUT2D eigenvalue weighted by molar-refractivity contribution is 14.1. The van der Waals surface area contributed by atoms with Crippen LogP contribution in [0.2, 0.25) is 5.02 Å². The quantitative estimate of drug-likeness (QED) is 0.657. The molecule has 0 bridgehead atoms. The molecular weight excluding hydrogens is 429 g/mol. The summed E-state index contributed by atoms with van der Waals surface area (Å²) in [5.74, 6) is -2.08. The van der Waals surface area contributed by atoms with E-state index in [1.165, 1.54) is 0 Å². The number of hydrogen-bond acceptors (Lipinski definition) is 2. The maximum absolute atomic E-state index is 12.1. The fourth-order valence-corrected chi connectivity index (χ4v) is 2.79. The highest BCUT2D eigenvalue weighted by Crippen LogP contribution is 2.20. The van der Waals surface area contributed by atoms with Gasteiger partial charge in [0, 0.05) is 15.0 Å². The van der Waals surface area contributed by atoms with Gasteiger partial charge >= 0.3 is 5.97 Å². The molecule has 0 aliphatic rings. The fraction of sp³-hybridized carbons (Fsp3) is 0.176. The van der Waals surface area contributed by atoms with E-state index in [0.717, 1.165) is 9.13 Å². The van der Waals surface area contributed by atoms with Crippen LogP contribution >= 0.6 is 34.2 Å². The van der Waals surface area contributed by atoms with Crippen molar-refractivity contribution in [2.24, 2.45) is 5.92 Å². The van der Waals surface area contributed by atoms with Gasteiger partial charge in [-0.3, -0.25) is 9.59 Å². The summed E-state index contributed by atoms with van der Waals surface area (Å²) in [6.07, 6.45) is 0.203. The van der Waals surface area contributed by atoms with Crippen LogP contribution < -0.4 is 5.32 Å². The van der Waals surface area contributed by atoms with Gasteiger partial charge in [0.1, 0.15) is 0 Å². The fourth-order valence-electron chi connectivity index (χ4n) is 2.14. The highest BCUT2D eigenvalue weighted by atomic mass is 127. The van der Waals surface area contributed by atoms with E-state index in [4.69, 9.17) is 11.6 Å². The first-order valence-electron chi connectivity index (χ1n) is 6.97. The summed E-state index contributed by atoms with van der Waals surface area (Å²) in [4.78, 5) is 23.5. The number of carbonyl (C=O) groups excluding carboxylic acids is 1. The van der Waals surface area contributed by atoms with Crippen LogP contribution in [0.4, 0.5) is 5.69 Å². The zero-order valence-corrected chi connectivity index (χ0v) is 15.0. The molecule has 120 valence electrons. The minimum absolute atomic E-state index is 0.0804. The van der Waals surface area contributed by atoms with E-state index in [9.17, 15) is 14.7 Å². The van der Waals surface area contributed by atoms with Crippen molar-refractivity contribution in [3.8, 4) is 0 Å². The molecule has 2 aromatic rings. The zero-order valence-electron chi connectivity index (χ0n) is 12.1. The number of carbonyl (C=O) groups is 2. The van der Waals surface area contributed by atoms with Gasteiger partial charge in [-0.25, -0.2) is 0 Å². The van der Waals surface area contributed by atoms with Gasteiger partial charge in [0.25, 0.3) is 0 Å².